The lowest BCUT2D eigenvalue weighted by atomic mass is 9.89. The Morgan fingerprint density at radius 1 is 1.27 bits per heavy atom. The predicted molar refractivity (Wildman–Crippen MR) is 78.7 cm³/mol. The van der Waals surface area contributed by atoms with Crippen LogP contribution in [0.1, 0.15) is 38.5 Å². The van der Waals surface area contributed by atoms with Crippen LogP contribution in [0.25, 0.3) is 0 Å². The van der Waals surface area contributed by atoms with Gasteiger partial charge in [-0.3, -0.25) is 14.7 Å². The zero-order valence-corrected chi connectivity index (χ0v) is 13.7. The summed E-state index contributed by atoms with van der Waals surface area (Å²) >= 11 is 0. The van der Waals surface area contributed by atoms with Gasteiger partial charge in [-0.05, 0) is 12.8 Å². The number of amides is 1. The van der Waals surface area contributed by atoms with E-state index in [1.165, 1.54) is 6.66 Å². The predicted octanol–water partition coefficient (Wildman–Crippen LogP) is 1.62. The van der Waals surface area contributed by atoms with Crippen LogP contribution in [0.3, 0.4) is 0 Å². The lowest BCUT2D eigenvalue weighted by Gasteiger charge is -2.19. The highest BCUT2D eigenvalue weighted by Crippen LogP contribution is 2.24. The molecular weight excluding hydrogens is 313 g/mol. The minimum Gasteiger partial charge on any atom is -0.428 e. The van der Waals surface area contributed by atoms with Gasteiger partial charge in [0.2, 0.25) is 6.79 Å². The van der Waals surface area contributed by atoms with Gasteiger partial charge in [-0.1, -0.05) is 19.3 Å². The molecular formula is C13H24NO7P. The molecule has 128 valence electrons. The van der Waals surface area contributed by atoms with Gasteiger partial charge >= 0.3 is 12.1 Å². The zero-order valence-electron chi connectivity index (χ0n) is 12.7. The Morgan fingerprint density at radius 3 is 2.59 bits per heavy atom. The van der Waals surface area contributed by atoms with Crippen molar-refractivity contribution in [2.24, 2.45) is 5.92 Å². The molecule has 1 amide bonds. The van der Waals surface area contributed by atoms with Gasteiger partial charge in [0.1, 0.15) is 6.23 Å². The topological polar surface area (TPSA) is 111 Å². The summed E-state index contributed by atoms with van der Waals surface area (Å²) in [6, 6.07) is 0. The first-order valence-corrected chi connectivity index (χ1v) is 9.22. The molecule has 0 heterocycles. The molecule has 0 bridgehead atoms. The maximum Gasteiger partial charge on any atom is 0.412 e. The van der Waals surface area contributed by atoms with Gasteiger partial charge in [-0.2, -0.15) is 0 Å². The lowest BCUT2D eigenvalue weighted by Crippen LogP contribution is -2.36. The molecule has 9 heteroatoms. The van der Waals surface area contributed by atoms with Gasteiger partial charge < -0.3 is 19.1 Å². The van der Waals surface area contributed by atoms with Crippen LogP contribution in [0.2, 0.25) is 0 Å². The number of carbonyl (C=O) groups excluding carboxylic acids is 2. The molecule has 1 aliphatic carbocycles. The summed E-state index contributed by atoms with van der Waals surface area (Å²) in [7, 11) is -2.05. The van der Waals surface area contributed by atoms with Gasteiger partial charge in [0.25, 0.3) is 0 Å². The van der Waals surface area contributed by atoms with Gasteiger partial charge in [0.05, 0.1) is 12.5 Å². The van der Waals surface area contributed by atoms with Gasteiger partial charge in [0.15, 0.2) is 8.03 Å². The van der Waals surface area contributed by atoms with E-state index in [9.17, 15) is 19.3 Å². The number of hydrogen-bond donors (Lipinski definition) is 2. The molecule has 0 aromatic carbocycles. The Labute approximate surface area is 130 Å². The number of alkyl carbamates (subject to hydrolysis) is 1. The van der Waals surface area contributed by atoms with E-state index in [4.69, 9.17) is 9.26 Å². The molecule has 2 atom stereocenters. The normalized spacial score (nSPS) is 18.3. The van der Waals surface area contributed by atoms with Gasteiger partial charge in [-0.25, -0.2) is 4.79 Å². The molecule has 1 fully saturated rings. The van der Waals surface area contributed by atoms with E-state index in [1.807, 2.05) is 0 Å². The van der Waals surface area contributed by atoms with Crippen LogP contribution in [0, 0.1) is 5.92 Å². The van der Waals surface area contributed by atoms with E-state index in [2.05, 4.69) is 10.1 Å². The Morgan fingerprint density at radius 2 is 1.95 bits per heavy atom. The van der Waals surface area contributed by atoms with Crippen molar-refractivity contribution in [3.05, 3.63) is 0 Å². The Bertz CT molecular complexity index is 385. The van der Waals surface area contributed by atoms with Crippen molar-refractivity contribution in [1.82, 2.24) is 5.32 Å². The van der Waals surface area contributed by atoms with Gasteiger partial charge in [0, 0.05) is 13.1 Å². The van der Waals surface area contributed by atoms with Crippen molar-refractivity contribution >= 4 is 20.1 Å². The fraction of sp³-hybridized carbons (Fsp3) is 0.846. The van der Waals surface area contributed by atoms with Crippen molar-refractivity contribution in [1.29, 1.82) is 0 Å². The summed E-state index contributed by atoms with van der Waals surface area (Å²) in [5, 5.41) is 11.6. The van der Waals surface area contributed by atoms with Crippen LogP contribution in [0.15, 0.2) is 0 Å². The maximum atomic E-state index is 11.7. The molecule has 0 aromatic rings. The molecule has 8 nitrogen and oxygen atoms in total. The minimum atomic E-state index is -2.05. The van der Waals surface area contributed by atoms with E-state index in [0.717, 1.165) is 32.1 Å². The standard InChI is InChI=1S/C13H24NO7P/c1-22(18)21-8-7-11(15)14-13(17)20-9-19-12(16)10-5-3-2-4-6-10/h10-11,15,22H,2-9H2,1H3,(H,14,17). The molecule has 2 unspecified atom stereocenters. The van der Waals surface area contributed by atoms with Crippen LogP contribution >= 0.6 is 8.03 Å². The van der Waals surface area contributed by atoms with E-state index in [1.54, 1.807) is 0 Å². The van der Waals surface area contributed by atoms with Crippen LogP contribution in [0.5, 0.6) is 0 Å². The summed E-state index contributed by atoms with van der Waals surface area (Å²) in [4.78, 5) is 23.0. The lowest BCUT2D eigenvalue weighted by molar-refractivity contribution is -0.158. The third-order valence-electron chi connectivity index (χ3n) is 3.31. The Kier molecular flexibility index (Phi) is 9.11. The zero-order chi connectivity index (χ0) is 16.4. The molecule has 2 N–H and O–H groups in total. The summed E-state index contributed by atoms with van der Waals surface area (Å²) < 4.78 is 25.0. The van der Waals surface area contributed by atoms with Crippen molar-refractivity contribution in [3.63, 3.8) is 0 Å². The SMILES string of the molecule is C[PH](=O)OCCC(O)NC(=O)OCOC(=O)C1CCCCC1. The summed E-state index contributed by atoms with van der Waals surface area (Å²) in [5.74, 6) is -0.463. The van der Waals surface area contributed by atoms with Gasteiger partial charge in [-0.15, -0.1) is 0 Å². The molecule has 0 saturated heterocycles. The number of ether oxygens (including phenoxy) is 2. The number of nitrogens with one attached hydrogen (secondary N) is 1. The second-order valence-corrected chi connectivity index (χ2v) is 6.41. The number of rotatable bonds is 8. The molecule has 1 saturated carbocycles. The third-order valence-corrected chi connectivity index (χ3v) is 3.92. The smallest absolute Gasteiger partial charge is 0.412 e. The van der Waals surface area contributed by atoms with Crippen molar-refractivity contribution in [3.8, 4) is 0 Å². The highest BCUT2D eigenvalue weighted by molar-refractivity contribution is 7.38. The van der Waals surface area contributed by atoms with E-state index < -0.39 is 27.1 Å². The average molecular weight is 337 g/mol. The first kappa shape index (κ1) is 18.9. The molecule has 22 heavy (non-hydrogen) atoms. The molecule has 0 aliphatic heterocycles. The Hall–Kier alpha value is -1.11. The molecule has 0 aromatic heterocycles. The maximum absolute atomic E-state index is 11.7. The largest absolute Gasteiger partial charge is 0.428 e. The van der Waals surface area contributed by atoms with E-state index in [0.29, 0.717) is 0 Å². The first-order chi connectivity index (χ1) is 10.5. The summed E-state index contributed by atoms with van der Waals surface area (Å²) in [5.41, 5.74) is 0. The number of aliphatic hydroxyl groups is 1. The number of esters is 1. The quantitative estimate of drug-likeness (QED) is 0.393. The fourth-order valence-corrected chi connectivity index (χ4v) is 2.57. The highest BCUT2D eigenvalue weighted by atomic mass is 31.1. The van der Waals surface area contributed by atoms with Crippen molar-refractivity contribution < 1.29 is 33.3 Å². The summed E-state index contributed by atoms with van der Waals surface area (Å²) in [6.07, 6.45) is 2.79. The Balaban J connectivity index is 2.09. The number of hydrogen-bond acceptors (Lipinski definition) is 7. The number of aliphatic hydroxyl groups excluding tert-OH is 1. The minimum absolute atomic E-state index is 0.0619. The molecule has 1 aliphatic rings. The van der Waals surface area contributed by atoms with Crippen LogP contribution in [-0.2, 0) is 23.4 Å². The average Bonchev–Trinajstić information content (AvgIpc) is 2.47. The number of carbonyl (C=O) groups is 2. The van der Waals surface area contributed by atoms with Crippen molar-refractivity contribution in [2.45, 2.75) is 44.8 Å². The highest BCUT2D eigenvalue weighted by Gasteiger charge is 2.22. The first-order valence-electron chi connectivity index (χ1n) is 7.40. The second-order valence-electron chi connectivity index (χ2n) is 5.14. The third kappa shape index (κ3) is 8.36. The summed E-state index contributed by atoms with van der Waals surface area (Å²) in [6.45, 7) is 1.01. The molecule has 0 spiro atoms. The van der Waals surface area contributed by atoms with Crippen molar-refractivity contribution in [2.75, 3.05) is 20.1 Å². The van der Waals surface area contributed by atoms with E-state index >= 15 is 0 Å². The van der Waals surface area contributed by atoms with Crippen LogP contribution in [0.4, 0.5) is 4.79 Å². The van der Waals surface area contributed by atoms with E-state index in [-0.39, 0.29) is 24.9 Å². The van der Waals surface area contributed by atoms with Crippen LogP contribution < -0.4 is 5.32 Å². The molecule has 0 radical (unpaired) electrons. The monoisotopic (exact) mass is 337 g/mol. The molecule has 1 rings (SSSR count). The second kappa shape index (κ2) is 10.6. The van der Waals surface area contributed by atoms with Crippen LogP contribution in [-0.4, -0.2) is 43.5 Å². The fourth-order valence-electron chi connectivity index (χ4n) is 2.16.